The lowest BCUT2D eigenvalue weighted by molar-refractivity contribution is -0.385. The number of halogens is 4. The van der Waals surface area contributed by atoms with Crippen LogP contribution in [-0.4, -0.2) is 42.2 Å². The minimum atomic E-state index is -5.20. The highest BCUT2D eigenvalue weighted by atomic mass is 35.5. The van der Waals surface area contributed by atoms with E-state index >= 15 is 13.2 Å². The first kappa shape index (κ1) is 28.0. The number of hydrogen-bond donors (Lipinski definition) is 0. The first-order chi connectivity index (χ1) is 19.4. The van der Waals surface area contributed by atoms with Gasteiger partial charge in [-0.1, -0.05) is 35.9 Å². The summed E-state index contributed by atoms with van der Waals surface area (Å²) in [6.45, 7) is -0.120. The average molecular weight is 588 g/mol. The Morgan fingerprint density at radius 3 is 2.41 bits per heavy atom. The second-order valence-electron chi connectivity index (χ2n) is 9.37. The van der Waals surface area contributed by atoms with Crippen LogP contribution in [0.15, 0.2) is 78.5 Å². The molecule has 0 radical (unpaired) electrons. The van der Waals surface area contributed by atoms with Gasteiger partial charge in [0.05, 0.1) is 42.9 Å². The number of nitrogens with zero attached hydrogens (tertiary/aromatic N) is 3. The molecule has 0 saturated heterocycles. The number of urea groups is 1. The number of anilines is 1. The molecule has 0 aromatic heterocycles. The number of amides is 2. The second kappa shape index (κ2) is 10.1. The van der Waals surface area contributed by atoms with Gasteiger partial charge in [0.1, 0.15) is 5.75 Å². The molecule has 0 bridgehead atoms. The van der Waals surface area contributed by atoms with E-state index in [9.17, 15) is 19.7 Å². The van der Waals surface area contributed by atoms with E-state index in [1.54, 1.807) is 24.3 Å². The number of nitro groups is 1. The lowest BCUT2D eigenvalue weighted by Gasteiger charge is -2.50. The lowest BCUT2D eigenvalue weighted by atomic mass is 9.70. The number of esters is 1. The average Bonchev–Trinajstić information content (AvgIpc) is 3.33. The van der Waals surface area contributed by atoms with Gasteiger partial charge in [-0.3, -0.25) is 19.9 Å². The van der Waals surface area contributed by atoms with Crippen LogP contribution in [0.2, 0.25) is 5.02 Å². The molecule has 2 atom stereocenters. The monoisotopic (exact) mass is 587 g/mol. The zero-order valence-corrected chi connectivity index (χ0v) is 22.3. The van der Waals surface area contributed by atoms with E-state index in [4.69, 9.17) is 21.1 Å². The van der Waals surface area contributed by atoms with E-state index in [2.05, 4.69) is 0 Å². The van der Waals surface area contributed by atoms with Crippen molar-refractivity contribution in [1.29, 1.82) is 0 Å². The maximum absolute atomic E-state index is 15.7. The van der Waals surface area contributed by atoms with Gasteiger partial charge in [-0.05, 0) is 41.5 Å². The number of methoxy groups -OCH3 is 2. The van der Waals surface area contributed by atoms with Crippen LogP contribution in [0.4, 0.5) is 29.3 Å². The van der Waals surface area contributed by atoms with Crippen LogP contribution in [0.25, 0.3) is 0 Å². The molecular formula is C28H21ClF3N3O6. The molecule has 0 N–H and O–H groups in total. The Balaban J connectivity index is 1.80. The predicted octanol–water partition coefficient (Wildman–Crippen LogP) is 6.31. The topological polar surface area (TPSA) is 102 Å². The van der Waals surface area contributed by atoms with Crippen LogP contribution in [-0.2, 0) is 21.6 Å². The Bertz CT molecular complexity index is 1590. The summed E-state index contributed by atoms with van der Waals surface area (Å²) in [7, 11) is 2.48. The number of hydrogen-bond acceptors (Lipinski definition) is 6. The van der Waals surface area contributed by atoms with Gasteiger partial charge in [0.15, 0.2) is 5.54 Å². The standard InChI is InChI=1S/C28H21ClF3N3O6/c1-40-20-9-6-16(7-10-20)14-33-23-11-8-18(29)13-22(23)27(28(30,31)32)24(17-4-3-5-19(12-17)35(38)39)21(25(36)41-2)15-34(27)26(33)37/h3-13,15,24H,14H2,1-2H3/t24-,27-/m1/s1. The molecule has 2 aliphatic heterocycles. The fourth-order valence-electron chi connectivity index (χ4n) is 5.50. The summed E-state index contributed by atoms with van der Waals surface area (Å²) in [6.07, 6.45) is -4.38. The van der Waals surface area contributed by atoms with Crippen LogP contribution in [0.1, 0.15) is 22.6 Å². The normalized spacial score (nSPS) is 19.8. The Hall–Kier alpha value is -4.58. The summed E-state index contributed by atoms with van der Waals surface area (Å²) in [5, 5.41) is 11.5. The fraction of sp³-hybridized carbons (Fsp3) is 0.214. The number of rotatable bonds is 6. The van der Waals surface area contributed by atoms with Crippen molar-refractivity contribution in [3.63, 3.8) is 0 Å². The molecule has 2 amide bonds. The third kappa shape index (κ3) is 4.34. The van der Waals surface area contributed by atoms with Crippen LogP contribution in [0.3, 0.4) is 0 Å². The Morgan fingerprint density at radius 2 is 1.80 bits per heavy atom. The minimum Gasteiger partial charge on any atom is -0.497 e. The summed E-state index contributed by atoms with van der Waals surface area (Å²) in [4.78, 5) is 39.4. The molecule has 0 spiro atoms. The molecule has 0 fully saturated rings. The van der Waals surface area contributed by atoms with Crippen molar-refractivity contribution in [3.8, 4) is 5.75 Å². The smallest absolute Gasteiger partial charge is 0.417 e. The van der Waals surface area contributed by atoms with Gasteiger partial charge in [-0.25, -0.2) is 9.59 Å². The van der Waals surface area contributed by atoms with E-state index in [-0.39, 0.29) is 22.8 Å². The van der Waals surface area contributed by atoms with Gasteiger partial charge in [-0.2, -0.15) is 13.2 Å². The zero-order valence-electron chi connectivity index (χ0n) is 21.5. The summed E-state index contributed by atoms with van der Waals surface area (Å²) in [5.41, 5.74) is -4.28. The number of alkyl halides is 3. The van der Waals surface area contributed by atoms with Crippen molar-refractivity contribution in [2.24, 2.45) is 0 Å². The first-order valence-electron chi connectivity index (χ1n) is 12.1. The molecule has 9 nitrogen and oxygen atoms in total. The van der Waals surface area contributed by atoms with Gasteiger partial charge < -0.3 is 9.47 Å². The van der Waals surface area contributed by atoms with E-state index in [1.165, 1.54) is 31.4 Å². The highest BCUT2D eigenvalue weighted by Gasteiger charge is 2.72. The number of benzene rings is 3. The zero-order chi connectivity index (χ0) is 29.7. The molecule has 0 aliphatic carbocycles. The number of non-ortho nitro benzene ring substituents is 1. The highest BCUT2D eigenvalue weighted by molar-refractivity contribution is 6.30. The van der Waals surface area contributed by atoms with Gasteiger partial charge in [0.2, 0.25) is 0 Å². The summed E-state index contributed by atoms with van der Waals surface area (Å²) in [5.74, 6) is -2.50. The molecule has 13 heteroatoms. The van der Waals surface area contributed by atoms with Gasteiger partial charge in [0, 0.05) is 28.9 Å². The number of nitro benzene ring substituents is 1. The molecule has 0 unspecified atom stereocenters. The maximum atomic E-state index is 15.7. The molecule has 41 heavy (non-hydrogen) atoms. The first-order valence-corrected chi connectivity index (χ1v) is 12.5. The fourth-order valence-corrected chi connectivity index (χ4v) is 5.67. The molecule has 212 valence electrons. The Labute approximate surface area is 236 Å². The number of carbonyl (C=O) groups excluding carboxylic acids is 2. The maximum Gasteiger partial charge on any atom is 0.417 e. The lowest BCUT2D eigenvalue weighted by Crippen LogP contribution is -2.63. The largest absolute Gasteiger partial charge is 0.497 e. The van der Waals surface area contributed by atoms with Gasteiger partial charge in [0.25, 0.3) is 5.69 Å². The molecule has 3 aromatic carbocycles. The molecular weight excluding hydrogens is 567 g/mol. The van der Waals surface area contributed by atoms with Crippen molar-refractivity contribution in [1.82, 2.24) is 4.90 Å². The quantitative estimate of drug-likeness (QED) is 0.190. The minimum absolute atomic E-state index is 0.0459. The molecule has 2 heterocycles. The van der Waals surface area contributed by atoms with E-state index < -0.39 is 51.4 Å². The molecule has 3 aromatic rings. The van der Waals surface area contributed by atoms with E-state index in [1.807, 2.05) is 0 Å². The van der Waals surface area contributed by atoms with Crippen molar-refractivity contribution in [2.45, 2.75) is 24.2 Å². The third-order valence-electron chi connectivity index (χ3n) is 7.24. The number of fused-ring (bicyclic) bond motifs is 3. The molecule has 2 aliphatic rings. The van der Waals surface area contributed by atoms with Gasteiger partial charge in [-0.15, -0.1) is 0 Å². The Kier molecular flexibility index (Phi) is 6.90. The molecule has 0 saturated carbocycles. The van der Waals surface area contributed by atoms with Crippen molar-refractivity contribution in [2.75, 3.05) is 19.1 Å². The van der Waals surface area contributed by atoms with Crippen molar-refractivity contribution < 1.29 is 37.2 Å². The SMILES string of the molecule is COC(=O)C1=CN2C(=O)N(Cc3ccc(OC)cc3)c3ccc(Cl)cc3[C@]2(C(F)(F)F)[C@@H]1c1cccc([N+](=O)[O-])c1. The summed E-state index contributed by atoms with van der Waals surface area (Å²) in [6, 6.07) is 13.9. The van der Waals surface area contributed by atoms with Crippen molar-refractivity contribution >= 4 is 35.0 Å². The van der Waals surface area contributed by atoms with E-state index in [0.717, 1.165) is 36.4 Å². The highest BCUT2D eigenvalue weighted by Crippen LogP contribution is 2.63. The van der Waals surface area contributed by atoms with Crippen molar-refractivity contribution in [3.05, 3.63) is 110 Å². The predicted molar refractivity (Wildman–Crippen MR) is 142 cm³/mol. The Morgan fingerprint density at radius 1 is 1.10 bits per heavy atom. The van der Waals surface area contributed by atoms with Crippen LogP contribution >= 0.6 is 11.6 Å². The summed E-state index contributed by atoms with van der Waals surface area (Å²) >= 11 is 6.24. The van der Waals surface area contributed by atoms with Gasteiger partial charge >= 0.3 is 18.2 Å². The molecule has 5 rings (SSSR count). The van der Waals surface area contributed by atoms with Crippen LogP contribution < -0.4 is 9.64 Å². The van der Waals surface area contributed by atoms with Crippen LogP contribution in [0.5, 0.6) is 5.75 Å². The van der Waals surface area contributed by atoms with Crippen LogP contribution in [0, 0.1) is 10.1 Å². The second-order valence-corrected chi connectivity index (χ2v) is 9.81. The number of carbonyl (C=O) groups is 2. The summed E-state index contributed by atoms with van der Waals surface area (Å²) < 4.78 is 56.9. The van der Waals surface area contributed by atoms with E-state index in [0.29, 0.717) is 16.2 Å². The third-order valence-corrected chi connectivity index (χ3v) is 7.48. The number of ether oxygens (including phenoxy) is 2.